The van der Waals surface area contributed by atoms with E-state index >= 15 is 0 Å². The highest BCUT2D eigenvalue weighted by molar-refractivity contribution is 7.13. The number of hydrogen-bond donors (Lipinski definition) is 0. The molecule has 1 aromatic rings. The second kappa shape index (κ2) is 3.65. The lowest BCUT2D eigenvalue weighted by Gasteiger charge is -2.24. The van der Waals surface area contributed by atoms with Crippen molar-refractivity contribution in [3.05, 3.63) is 29.3 Å². The maximum absolute atomic E-state index is 5.19. The van der Waals surface area contributed by atoms with Crippen LogP contribution in [0, 0.1) is 0 Å². The number of benzene rings is 1. The minimum atomic E-state index is 0.968. The average Bonchev–Trinajstić information content (AvgIpc) is 2.17. The normalized spacial score (nSPS) is 16.8. The van der Waals surface area contributed by atoms with Crippen LogP contribution in [0.4, 0.5) is 0 Å². The smallest absolute Gasteiger partial charge is 0.119 e. The molecule has 0 amide bonds. The maximum atomic E-state index is 5.19. The van der Waals surface area contributed by atoms with E-state index in [2.05, 4.69) is 26.2 Å². The van der Waals surface area contributed by atoms with Crippen LogP contribution >= 0.6 is 9.39 Å². The van der Waals surface area contributed by atoms with Crippen molar-refractivity contribution in [1.29, 1.82) is 0 Å². The van der Waals surface area contributed by atoms with Gasteiger partial charge in [-0.05, 0) is 29.7 Å². The summed E-state index contributed by atoms with van der Waals surface area (Å²) in [4.78, 5) is 0. The Morgan fingerprint density at radius 1 is 1.38 bits per heavy atom. The van der Waals surface area contributed by atoms with Crippen molar-refractivity contribution in [2.24, 2.45) is 0 Å². The van der Waals surface area contributed by atoms with E-state index in [0.29, 0.717) is 0 Å². The zero-order valence-electron chi connectivity index (χ0n) is 7.79. The van der Waals surface area contributed by atoms with Crippen LogP contribution in [0.15, 0.2) is 18.2 Å². The van der Waals surface area contributed by atoms with Gasteiger partial charge in [0.15, 0.2) is 0 Å². The molecule has 0 N–H and O–H groups in total. The molecule has 0 radical (unpaired) electrons. The molecule has 2 rings (SSSR count). The number of rotatable bonds is 1. The van der Waals surface area contributed by atoms with Crippen molar-refractivity contribution in [2.45, 2.75) is 13.0 Å². The van der Waals surface area contributed by atoms with Crippen LogP contribution in [0.25, 0.3) is 0 Å². The second-order valence-corrected chi connectivity index (χ2v) is 4.09. The van der Waals surface area contributed by atoms with E-state index < -0.39 is 0 Å². The predicted octanol–water partition coefficient (Wildman–Crippen LogP) is 1.84. The first kappa shape index (κ1) is 8.98. The van der Waals surface area contributed by atoms with Gasteiger partial charge < -0.3 is 4.74 Å². The van der Waals surface area contributed by atoms with Gasteiger partial charge in [-0.15, -0.1) is 0 Å². The molecule has 0 saturated carbocycles. The molecule has 1 heterocycles. The first-order valence-corrected chi connectivity index (χ1v) is 4.96. The van der Waals surface area contributed by atoms with E-state index in [1.807, 2.05) is 6.07 Å². The number of methoxy groups -OCH3 is 1. The quantitative estimate of drug-likeness (QED) is 0.634. The van der Waals surface area contributed by atoms with Crippen molar-refractivity contribution in [2.75, 3.05) is 13.7 Å². The molecule has 0 aromatic heterocycles. The van der Waals surface area contributed by atoms with Gasteiger partial charge in [-0.25, -0.2) is 0 Å². The number of fused-ring (bicyclic) bond motifs is 1. The summed E-state index contributed by atoms with van der Waals surface area (Å²) in [7, 11) is 4.47. The molecule has 1 atom stereocenters. The molecule has 1 aliphatic rings. The highest BCUT2D eigenvalue weighted by atomic mass is 31.0. The molecule has 0 spiro atoms. The summed E-state index contributed by atoms with van der Waals surface area (Å²) in [6, 6.07) is 6.33. The standard InChI is InChI=1S/C10H14NOP/c1-12-10-3-2-9-7-11(13)5-4-8(9)6-10/h2-3,6H,4-5,7,13H2,1H3. The third-order valence-electron chi connectivity index (χ3n) is 2.46. The highest BCUT2D eigenvalue weighted by Crippen LogP contribution is 2.24. The van der Waals surface area contributed by atoms with Crippen molar-refractivity contribution < 1.29 is 4.74 Å². The highest BCUT2D eigenvalue weighted by Gasteiger charge is 2.13. The van der Waals surface area contributed by atoms with E-state index in [1.54, 1.807) is 7.11 Å². The fourth-order valence-electron chi connectivity index (χ4n) is 1.68. The van der Waals surface area contributed by atoms with Gasteiger partial charge in [0.1, 0.15) is 5.75 Å². The average molecular weight is 195 g/mol. The molecule has 1 aromatic carbocycles. The largest absolute Gasteiger partial charge is 0.497 e. The lowest BCUT2D eigenvalue weighted by molar-refractivity contribution is 0.409. The lowest BCUT2D eigenvalue weighted by atomic mass is 10.0. The fraction of sp³-hybridized carbons (Fsp3) is 0.400. The molecule has 3 heteroatoms. The molecular weight excluding hydrogens is 181 g/mol. The van der Waals surface area contributed by atoms with Crippen molar-refractivity contribution in [3.63, 3.8) is 0 Å². The molecule has 13 heavy (non-hydrogen) atoms. The van der Waals surface area contributed by atoms with Gasteiger partial charge in [-0.2, -0.15) is 0 Å². The molecule has 1 aliphatic heterocycles. The van der Waals surface area contributed by atoms with Gasteiger partial charge in [-0.1, -0.05) is 15.5 Å². The Hall–Kier alpha value is -0.590. The Labute approximate surface area is 81.1 Å². The zero-order valence-corrected chi connectivity index (χ0v) is 8.94. The summed E-state index contributed by atoms with van der Waals surface area (Å²) < 4.78 is 7.45. The van der Waals surface area contributed by atoms with E-state index in [9.17, 15) is 0 Å². The Morgan fingerprint density at radius 2 is 2.23 bits per heavy atom. The molecule has 1 unspecified atom stereocenters. The molecule has 0 bridgehead atoms. The zero-order chi connectivity index (χ0) is 9.26. The van der Waals surface area contributed by atoms with Gasteiger partial charge in [-0.3, -0.25) is 4.67 Å². The van der Waals surface area contributed by atoms with Crippen LogP contribution in [0.1, 0.15) is 11.1 Å². The van der Waals surface area contributed by atoms with Gasteiger partial charge in [0.25, 0.3) is 0 Å². The number of hydrogen-bond acceptors (Lipinski definition) is 2. The van der Waals surface area contributed by atoms with Crippen molar-refractivity contribution in [3.8, 4) is 5.75 Å². The predicted molar refractivity (Wildman–Crippen MR) is 56.8 cm³/mol. The molecular formula is C10H14NOP. The summed E-state index contributed by atoms with van der Waals surface area (Å²) in [5.41, 5.74) is 2.85. The van der Waals surface area contributed by atoms with E-state index in [0.717, 1.165) is 25.3 Å². The SMILES string of the molecule is COc1ccc2c(c1)CCN(P)C2. The summed E-state index contributed by atoms with van der Waals surface area (Å²) in [5.74, 6) is 0.968. The van der Waals surface area contributed by atoms with Gasteiger partial charge in [0.2, 0.25) is 0 Å². The summed E-state index contributed by atoms with van der Waals surface area (Å²) >= 11 is 0. The molecule has 0 fully saturated rings. The Bertz CT molecular complexity index is 314. The van der Waals surface area contributed by atoms with Crippen LogP contribution in [-0.4, -0.2) is 18.3 Å². The van der Waals surface area contributed by atoms with Gasteiger partial charge in [0, 0.05) is 13.1 Å². The molecule has 0 saturated heterocycles. The van der Waals surface area contributed by atoms with Crippen LogP contribution < -0.4 is 4.74 Å². The third kappa shape index (κ3) is 1.84. The number of ether oxygens (including phenoxy) is 1. The van der Waals surface area contributed by atoms with E-state index in [-0.39, 0.29) is 0 Å². The minimum Gasteiger partial charge on any atom is -0.497 e. The monoisotopic (exact) mass is 195 g/mol. The molecule has 2 nitrogen and oxygen atoms in total. The third-order valence-corrected chi connectivity index (χ3v) is 2.90. The van der Waals surface area contributed by atoms with Gasteiger partial charge in [0.05, 0.1) is 7.11 Å². The Morgan fingerprint density at radius 3 is 3.00 bits per heavy atom. The first-order valence-electron chi connectivity index (χ1n) is 4.45. The lowest BCUT2D eigenvalue weighted by Crippen LogP contribution is -2.21. The van der Waals surface area contributed by atoms with Crippen LogP contribution in [0.3, 0.4) is 0 Å². The van der Waals surface area contributed by atoms with Crippen molar-refractivity contribution in [1.82, 2.24) is 4.67 Å². The van der Waals surface area contributed by atoms with E-state index in [1.165, 1.54) is 11.1 Å². The molecule has 70 valence electrons. The maximum Gasteiger partial charge on any atom is 0.119 e. The summed E-state index contributed by atoms with van der Waals surface area (Å²) in [6.45, 7) is 2.15. The van der Waals surface area contributed by atoms with Crippen LogP contribution in [0.5, 0.6) is 5.75 Å². The van der Waals surface area contributed by atoms with Crippen LogP contribution in [0.2, 0.25) is 0 Å². The van der Waals surface area contributed by atoms with E-state index in [4.69, 9.17) is 4.74 Å². The first-order chi connectivity index (χ1) is 6.29. The van der Waals surface area contributed by atoms with Gasteiger partial charge >= 0.3 is 0 Å². The van der Waals surface area contributed by atoms with Crippen molar-refractivity contribution >= 4 is 9.39 Å². The fourth-order valence-corrected chi connectivity index (χ4v) is 2.00. The Kier molecular flexibility index (Phi) is 2.52. The molecule has 0 aliphatic carbocycles. The number of nitrogens with zero attached hydrogens (tertiary/aromatic N) is 1. The Balaban J connectivity index is 2.31. The second-order valence-electron chi connectivity index (χ2n) is 3.36. The topological polar surface area (TPSA) is 12.5 Å². The van der Waals surface area contributed by atoms with Crippen LogP contribution in [-0.2, 0) is 13.0 Å². The summed E-state index contributed by atoms with van der Waals surface area (Å²) in [5, 5.41) is 0. The minimum absolute atomic E-state index is 0.968. The summed E-state index contributed by atoms with van der Waals surface area (Å²) in [6.07, 6.45) is 1.12.